The van der Waals surface area contributed by atoms with Crippen molar-refractivity contribution < 1.29 is 18.9 Å². The Hall–Kier alpha value is -2.76. The molecule has 0 saturated heterocycles. The average Bonchev–Trinajstić information content (AvgIpc) is 2.84. The minimum Gasteiger partial charge on any atom is -0.374 e. The maximum Gasteiger partial charge on any atom is 0.177 e. The second kappa shape index (κ2) is 11.6. The molecule has 1 heterocycles. The van der Waals surface area contributed by atoms with E-state index < -0.39 is 6.29 Å². The lowest BCUT2D eigenvalue weighted by Gasteiger charge is -2.32. The van der Waals surface area contributed by atoms with Crippen LogP contribution in [0, 0.1) is 0 Å². The smallest absolute Gasteiger partial charge is 0.177 e. The molecule has 31 heavy (non-hydrogen) atoms. The first kappa shape index (κ1) is 21.5. The maximum atomic E-state index is 6.19. The van der Waals surface area contributed by atoms with Gasteiger partial charge in [0.2, 0.25) is 0 Å². The zero-order valence-electron chi connectivity index (χ0n) is 17.5. The molecule has 1 aliphatic rings. The number of rotatable bonds is 10. The predicted molar refractivity (Wildman–Crippen MR) is 120 cm³/mol. The summed E-state index contributed by atoms with van der Waals surface area (Å²) in [5.41, 5.74) is 3.37. The van der Waals surface area contributed by atoms with E-state index in [-0.39, 0.29) is 12.2 Å². The lowest BCUT2D eigenvalue weighted by Crippen LogP contribution is -2.41. The Balaban J connectivity index is 1.35. The zero-order chi connectivity index (χ0) is 21.1. The maximum absolute atomic E-state index is 6.19. The molecule has 3 aromatic rings. The summed E-state index contributed by atoms with van der Waals surface area (Å²) in [6, 6.07) is 30.4. The number of hydrogen-bond acceptors (Lipinski definition) is 4. The first-order valence-electron chi connectivity index (χ1n) is 10.6. The molecule has 3 aromatic carbocycles. The molecule has 3 atom stereocenters. The number of ether oxygens (including phenoxy) is 4. The van der Waals surface area contributed by atoms with Crippen LogP contribution in [0.2, 0.25) is 0 Å². The van der Waals surface area contributed by atoms with Crippen LogP contribution in [0.15, 0.2) is 103 Å². The molecular formula is C27H28O4. The van der Waals surface area contributed by atoms with E-state index in [0.717, 1.165) is 16.7 Å². The molecule has 0 saturated carbocycles. The van der Waals surface area contributed by atoms with Crippen molar-refractivity contribution in [3.8, 4) is 0 Å². The van der Waals surface area contributed by atoms with Crippen LogP contribution in [0.5, 0.6) is 0 Å². The summed E-state index contributed by atoms with van der Waals surface area (Å²) in [6.07, 6.45) is 3.07. The van der Waals surface area contributed by atoms with Gasteiger partial charge in [0.15, 0.2) is 6.29 Å². The van der Waals surface area contributed by atoms with Gasteiger partial charge < -0.3 is 18.9 Å². The summed E-state index contributed by atoms with van der Waals surface area (Å²) in [4.78, 5) is 0. The summed E-state index contributed by atoms with van der Waals surface area (Å²) >= 11 is 0. The molecular weight excluding hydrogens is 388 g/mol. The van der Waals surface area contributed by atoms with Crippen molar-refractivity contribution in [2.24, 2.45) is 0 Å². The minimum atomic E-state index is -0.429. The van der Waals surface area contributed by atoms with Gasteiger partial charge >= 0.3 is 0 Å². The van der Waals surface area contributed by atoms with Crippen LogP contribution in [-0.2, 0) is 38.8 Å². The van der Waals surface area contributed by atoms with E-state index in [1.807, 2.05) is 78.9 Å². The minimum absolute atomic E-state index is 0.201. The van der Waals surface area contributed by atoms with Crippen molar-refractivity contribution in [1.29, 1.82) is 0 Å². The summed E-state index contributed by atoms with van der Waals surface area (Å²) in [5, 5.41) is 0. The second-order valence-electron chi connectivity index (χ2n) is 7.49. The van der Waals surface area contributed by atoms with E-state index in [1.54, 1.807) is 0 Å². The highest BCUT2D eigenvalue weighted by Gasteiger charge is 2.29. The van der Waals surface area contributed by atoms with Gasteiger partial charge in [-0.25, -0.2) is 0 Å². The standard InChI is InChI=1S/C27H28O4/c1-4-10-22(11-5-1)18-28-21-26-25(29-19-23-12-6-2-7-13-23)16-17-27(31-26)30-20-24-14-8-3-9-15-24/h1-17,25-27H,18-21H2/t25-,26+,27+/m0/s1. The third-order valence-corrected chi connectivity index (χ3v) is 5.07. The van der Waals surface area contributed by atoms with E-state index in [4.69, 9.17) is 18.9 Å². The summed E-state index contributed by atoms with van der Waals surface area (Å²) in [7, 11) is 0. The van der Waals surface area contributed by atoms with Crippen LogP contribution in [0.4, 0.5) is 0 Å². The van der Waals surface area contributed by atoms with Crippen LogP contribution < -0.4 is 0 Å². The molecule has 0 amide bonds. The van der Waals surface area contributed by atoms with Gasteiger partial charge in [0, 0.05) is 0 Å². The fraction of sp³-hybridized carbons (Fsp3) is 0.259. The van der Waals surface area contributed by atoms with Gasteiger partial charge in [-0.15, -0.1) is 0 Å². The number of benzene rings is 3. The Morgan fingerprint density at radius 1 is 0.581 bits per heavy atom. The number of hydrogen-bond donors (Lipinski definition) is 0. The van der Waals surface area contributed by atoms with Crippen LogP contribution >= 0.6 is 0 Å². The Bertz CT molecular complexity index is 912. The highest BCUT2D eigenvalue weighted by Crippen LogP contribution is 2.20. The molecule has 0 aliphatic carbocycles. The molecule has 0 unspecified atom stereocenters. The summed E-state index contributed by atoms with van der Waals surface area (Å²) < 4.78 is 24.2. The Morgan fingerprint density at radius 2 is 1.10 bits per heavy atom. The van der Waals surface area contributed by atoms with E-state index >= 15 is 0 Å². The van der Waals surface area contributed by atoms with Gasteiger partial charge in [0.1, 0.15) is 12.2 Å². The Morgan fingerprint density at radius 3 is 1.68 bits per heavy atom. The van der Waals surface area contributed by atoms with E-state index in [1.165, 1.54) is 0 Å². The Kier molecular flexibility index (Phi) is 8.02. The van der Waals surface area contributed by atoms with Crippen molar-refractivity contribution in [1.82, 2.24) is 0 Å². The first-order valence-corrected chi connectivity index (χ1v) is 10.6. The molecule has 4 nitrogen and oxygen atoms in total. The van der Waals surface area contributed by atoms with Crippen molar-refractivity contribution in [2.75, 3.05) is 6.61 Å². The molecule has 160 valence electrons. The summed E-state index contributed by atoms with van der Waals surface area (Å²) in [5.74, 6) is 0. The monoisotopic (exact) mass is 416 g/mol. The molecule has 4 heteroatoms. The van der Waals surface area contributed by atoms with Crippen LogP contribution in [0.1, 0.15) is 16.7 Å². The van der Waals surface area contributed by atoms with Gasteiger partial charge in [-0.05, 0) is 22.8 Å². The van der Waals surface area contributed by atoms with Crippen molar-refractivity contribution in [3.63, 3.8) is 0 Å². The highest BCUT2D eigenvalue weighted by atomic mass is 16.7. The topological polar surface area (TPSA) is 36.9 Å². The molecule has 1 aliphatic heterocycles. The van der Waals surface area contributed by atoms with E-state index in [2.05, 4.69) is 24.3 Å². The predicted octanol–water partition coefficient (Wildman–Crippen LogP) is 5.29. The summed E-state index contributed by atoms with van der Waals surface area (Å²) in [6.45, 7) is 1.96. The molecule has 0 bridgehead atoms. The highest BCUT2D eigenvalue weighted by molar-refractivity contribution is 5.15. The largest absolute Gasteiger partial charge is 0.374 e. The molecule has 0 N–H and O–H groups in total. The SMILES string of the molecule is C1=C[C@H](OCc2ccccc2)[C@@H](COCc2ccccc2)O[C@H]1OCc1ccccc1. The van der Waals surface area contributed by atoms with Crippen LogP contribution in [-0.4, -0.2) is 25.1 Å². The second-order valence-corrected chi connectivity index (χ2v) is 7.49. The van der Waals surface area contributed by atoms with Gasteiger partial charge in [0.25, 0.3) is 0 Å². The fourth-order valence-corrected chi connectivity index (χ4v) is 3.40. The quantitative estimate of drug-likeness (QED) is 0.421. The molecule has 0 aromatic heterocycles. The average molecular weight is 417 g/mol. The van der Waals surface area contributed by atoms with Gasteiger partial charge in [0.05, 0.1) is 26.4 Å². The van der Waals surface area contributed by atoms with Crippen LogP contribution in [0.25, 0.3) is 0 Å². The Labute approximate surface area is 184 Å². The van der Waals surface area contributed by atoms with E-state index in [0.29, 0.717) is 26.4 Å². The van der Waals surface area contributed by atoms with Gasteiger partial charge in [-0.3, -0.25) is 0 Å². The molecule has 0 fully saturated rings. The van der Waals surface area contributed by atoms with Crippen LogP contribution in [0.3, 0.4) is 0 Å². The van der Waals surface area contributed by atoms with Gasteiger partial charge in [-0.2, -0.15) is 0 Å². The van der Waals surface area contributed by atoms with Crippen molar-refractivity contribution >= 4 is 0 Å². The third kappa shape index (κ3) is 6.88. The zero-order valence-corrected chi connectivity index (χ0v) is 17.5. The molecule has 0 radical (unpaired) electrons. The van der Waals surface area contributed by atoms with Gasteiger partial charge in [-0.1, -0.05) is 97.1 Å². The van der Waals surface area contributed by atoms with Crippen molar-refractivity contribution in [2.45, 2.75) is 38.3 Å². The third-order valence-electron chi connectivity index (χ3n) is 5.07. The normalized spacial score (nSPS) is 20.6. The lowest BCUT2D eigenvalue weighted by molar-refractivity contribution is -0.199. The van der Waals surface area contributed by atoms with E-state index in [9.17, 15) is 0 Å². The first-order chi connectivity index (χ1) is 15.4. The fourth-order valence-electron chi connectivity index (χ4n) is 3.40. The molecule has 4 rings (SSSR count). The lowest BCUT2D eigenvalue weighted by atomic mass is 10.1. The van der Waals surface area contributed by atoms with Crippen molar-refractivity contribution in [3.05, 3.63) is 120 Å². The molecule has 0 spiro atoms.